The average Bonchev–Trinajstić information content (AvgIpc) is 2.80. The van der Waals surface area contributed by atoms with E-state index in [1.165, 1.54) is 0 Å². The molecule has 0 unspecified atom stereocenters. The Balaban J connectivity index is 1.88. The monoisotopic (exact) mass is 284 g/mol. The summed E-state index contributed by atoms with van der Waals surface area (Å²) in [7, 11) is 1.98. The van der Waals surface area contributed by atoms with Gasteiger partial charge in [0.05, 0.1) is 0 Å². The van der Waals surface area contributed by atoms with Crippen molar-refractivity contribution < 1.29 is 4.79 Å². The molecule has 0 saturated carbocycles. The minimum Gasteiger partial charge on any atom is -0.351 e. The molecule has 0 fully saturated rings. The Bertz CT molecular complexity index is 792. The Morgan fingerprint density at radius 2 is 2.00 bits per heavy atom. The molecule has 0 spiro atoms. The minimum atomic E-state index is -0.141. The number of nitrogens with one attached hydrogen (secondary N) is 1. The largest absolute Gasteiger partial charge is 0.351 e. The Labute approximate surface area is 121 Å². The molecule has 3 aromatic rings. The summed E-state index contributed by atoms with van der Waals surface area (Å²) in [5.74, 6) is -0.141. The van der Waals surface area contributed by atoms with Gasteiger partial charge in [-0.15, -0.1) is 0 Å². The second-order valence-corrected chi connectivity index (χ2v) is 5.10. The Kier molecular flexibility index (Phi) is 3.20. The number of carbonyl (C=O) groups excluding carboxylic acids is 1. The fourth-order valence-corrected chi connectivity index (χ4v) is 2.38. The second kappa shape index (κ2) is 5.02. The van der Waals surface area contributed by atoms with E-state index in [1.54, 1.807) is 18.2 Å². The first-order valence-electron chi connectivity index (χ1n) is 6.25. The fraction of sp³-hybridized carbons (Fsp3) is 0.0625. The zero-order chi connectivity index (χ0) is 14.1. The summed E-state index contributed by atoms with van der Waals surface area (Å²) in [5.41, 5.74) is 2.42. The van der Waals surface area contributed by atoms with Gasteiger partial charge in [-0.2, -0.15) is 0 Å². The van der Waals surface area contributed by atoms with Gasteiger partial charge in [0, 0.05) is 40.4 Å². The van der Waals surface area contributed by atoms with Crippen molar-refractivity contribution in [3.63, 3.8) is 0 Å². The highest BCUT2D eigenvalue weighted by Gasteiger charge is 2.08. The molecule has 3 nitrogen and oxygen atoms in total. The highest BCUT2D eigenvalue weighted by Crippen LogP contribution is 2.19. The van der Waals surface area contributed by atoms with Crippen molar-refractivity contribution in [1.29, 1.82) is 0 Å². The zero-order valence-electron chi connectivity index (χ0n) is 10.9. The van der Waals surface area contributed by atoms with E-state index in [2.05, 4.69) is 5.32 Å². The van der Waals surface area contributed by atoms with Crippen LogP contribution >= 0.6 is 11.6 Å². The van der Waals surface area contributed by atoms with E-state index in [-0.39, 0.29) is 5.91 Å². The number of hydrogen-bond acceptors (Lipinski definition) is 1. The second-order valence-electron chi connectivity index (χ2n) is 4.66. The van der Waals surface area contributed by atoms with Gasteiger partial charge in [0.2, 0.25) is 0 Å². The lowest BCUT2D eigenvalue weighted by Gasteiger charge is -2.06. The Morgan fingerprint density at radius 3 is 2.80 bits per heavy atom. The summed E-state index contributed by atoms with van der Waals surface area (Å²) in [4.78, 5) is 12.2. The lowest BCUT2D eigenvalue weighted by Crippen LogP contribution is -2.11. The molecule has 4 heteroatoms. The first-order valence-corrected chi connectivity index (χ1v) is 6.63. The van der Waals surface area contributed by atoms with Crippen LogP contribution in [0, 0.1) is 0 Å². The van der Waals surface area contributed by atoms with Crippen molar-refractivity contribution in [3.8, 4) is 0 Å². The van der Waals surface area contributed by atoms with Gasteiger partial charge >= 0.3 is 0 Å². The lowest BCUT2D eigenvalue weighted by atomic mass is 10.1. The number of aryl methyl sites for hydroxylation is 1. The minimum absolute atomic E-state index is 0.141. The van der Waals surface area contributed by atoms with Crippen LogP contribution in [0.25, 0.3) is 10.9 Å². The summed E-state index contributed by atoms with van der Waals surface area (Å²) in [6.07, 6.45) is 1.98. The van der Waals surface area contributed by atoms with Gasteiger partial charge in [-0.05, 0) is 42.5 Å². The van der Waals surface area contributed by atoms with Crippen molar-refractivity contribution in [2.75, 3.05) is 5.32 Å². The van der Waals surface area contributed by atoms with Gasteiger partial charge in [-0.3, -0.25) is 4.79 Å². The van der Waals surface area contributed by atoms with Gasteiger partial charge in [0.25, 0.3) is 5.91 Å². The van der Waals surface area contributed by atoms with E-state index in [9.17, 15) is 4.79 Å². The summed E-state index contributed by atoms with van der Waals surface area (Å²) >= 11 is 5.90. The van der Waals surface area contributed by atoms with Gasteiger partial charge in [0.15, 0.2) is 0 Å². The highest BCUT2D eigenvalue weighted by atomic mass is 35.5. The smallest absolute Gasteiger partial charge is 0.255 e. The molecule has 0 aliphatic heterocycles. The summed E-state index contributed by atoms with van der Waals surface area (Å²) in [6.45, 7) is 0. The average molecular weight is 285 g/mol. The predicted octanol–water partition coefficient (Wildman–Crippen LogP) is 4.08. The first-order chi connectivity index (χ1) is 9.63. The van der Waals surface area contributed by atoms with E-state index in [1.807, 2.05) is 48.1 Å². The number of nitrogens with zero attached hydrogens (tertiary/aromatic N) is 1. The molecule has 0 bridgehead atoms. The van der Waals surface area contributed by atoms with Crippen LogP contribution in [0.2, 0.25) is 5.02 Å². The maximum absolute atomic E-state index is 12.2. The number of hydrogen-bond donors (Lipinski definition) is 1. The standard InChI is InChI=1S/C16H13ClN2O/c1-19-8-7-11-9-12(5-6-15(11)19)16(20)18-14-4-2-3-13(17)10-14/h2-10H,1H3,(H,18,20). The maximum atomic E-state index is 12.2. The van der Waals surface area contributed by atoms with Crippen LogP contribution in [-0.4, -0.2) is 10.5 Å². The molecule has 100 valence electrons. The Morgan fingerprint density at radius 1 is 1.15 bits per heavy atom. The molecule has 0 aliphatic carbocycles. The summed E-state index contributed by atoms with van der Waals surface area (Å²) < 4.78 is 2.02. The molecule has 0 atom stereocenters. The van der Waals surface area contributed by atoms with E-state index < -0.39 is 0 Å². The van der Waals surface area contributed by atoms with Crippen molar-refractivity contribution in [3.05, 3.63) is 65.3 Å². The quantitative estimate of drug-likeness (QED) is 0.756. The van der Waals surface area contributed by atoms with Crippen LogP contribution in [-0.2, 0) is 7.05 Å². The number of rotatable bonds is 2. The zero-order valence-corrected chi connectivity index (χ0v) is 11.7. The van der Waals surface area contributed by atoms with Crippen molar-refractivity contribution in [2.24, 2.45) is 7.05 Å². The van der Waals surface area contributed by atoms with Crippen LogP contribution in [0.1, 0.15) is 10.4 Å². The van der Waals surface area contributed by atoms with Crippen LogP contribution in [0.4, 0.5) is 5.69 Å². The molecular formula is C16H13ClN2O. The third-order valence-corrected chi connectivity index (χ3v) is 3.46. The number of benzene rings is 2. The van der Waals surface area contributed by atoms with E-state index >= 15 is 0 Å². The molecule has 20 heavy (non-hydrogen) atoms. The van der Waals surface area contributed by atoms with Gasteiger partial charge in [-0.1, -0.05) is 17.7 Å². The predicted molar refractivity (Wildman–Crippen MR) is 82.3 cm³/mol. The molecule has 1 N–H and O–H groups in total. The molecule has 1 aromatic heterocycles. The van der Waals surface area contributed by atoms with Crippen LogP contribution in [0.5, 0.6) is 0 Å². The normalized spacial score (nSPS) is 10.7. The number of halogens is 1. The number of fused-ring (bicyclic) bond motifs is 1. The third kappa shape index (κ3) is 2.40. The molecule has 0 radical (unpaired) electrons. The number of anilines is 1. The van der Waals surface area contributed by atoms with E-state index in [0.29, 0.717) is 16.3 Å². The molecule has 1 amide bonds. The summed E-state index contributed by atoms with van der Waals surface area (Å²) in [5, 5.41) is 4.49. The molecule has 0 aliphatic rings. The highest BCUT2D eigenvalue weighted by molar-refractivity contribution is 6.31. The molecule has 3 rings (SSSR count). The van der Waals surface area contributed by atoms with Crippen molar-refractivity contribution in [2.45, 2.75) is 0 Å². The maximum Gasteiger partial charge on any atom is 0.255 e. The van der Waals surface area contributed by atoms with Gasteiger partial charge in [-0.25, -0.2) is 0 Å². The van der Waals surface area contributed by atoms with Crippen molar-refractivity contribution in [1.82, 2.24) is 4.57 Å². The number of amides is 1. The van der Waals surface area contributed by atoms with Crippen molar-refractivity contribution >= 4 is 34.1 Å². The van der Waals surface area contributed by atoms with Crippen LogP contribution < -0.4 is 5.32 Å². The molecule has 2 aromatic carbocycles. The summed E-state index contributed by atoms with van der Waals surface area (Å²) in [6, 6.07) is 14.8. The number of aromatic nitrogens is 1. The molecule has 0 saturated heterocycles. The lowest BCUT2D eigenvalue weighted by molar-refractivity contribution is 0.102. The van der Waals surface area contributed by atoms with Crippen LogP contribution in [0.3, 0.4) is 0 Å². The van der Waals surface area contributed by atoms with Gasteiger partial charge < -0.3 is 9.88 Å². The first kappa shape index (κ1) is 12.8. The van der Waals surface area contributed by atoms with E-state index in [4.69, 9.17) is 11.6 Å². The van der Waals surface area contributed by atoms with Gasteiger partial charge in [0.1, 0.15) is 0 Å². The fourth-order valence-electron chi connectivity index (χ4n) is 2.19. The Hall–Kier alpha value is -2.26. The third-order valence-electron chi connectivity index (χ3n) is 3.23. The molecular weight excluding hydrogens is 272 g/mol. The molecule has 1 heterocycles. The number of carbonyl (C=O) groups is 1. The SMILES string of the molecule is Cn1ccc2cc(C(=O)Nc3cccc(Cl)c3)ccc21. The topological polar surface area (TPSA) is 34.0 Å². The van der Waals surface area contributed by atoms with E-state index in [0.717, 1.165) is 10.9 Å². The van der Waals surface area contributed by atoms with Crippen LogP contribution in [0.15, 0.2) is 54.7 Å².